The van der Waals surface area contributed by atoms with Gasteiger partial charge in [0.15, 0.2) is 5.11 Å². The molecular weight excluding hydrogens is 352 g/mol. The molecule has 6 nitrogen and oxygen atoms in total. The maximum atomic E-state index is 12.7. The molecule has 0 saturated carbocycles. The number of ether oxygens (including phenoxy) is 2. The molecule has 1 aromatic carbocycles. The Morgan fingerprint density at radius 2 is 1.92 bits per heavy atom. The van der Waals surface area contributed by atoms with Gasteiger partial charge in [-0.1, -0.05) is 6.08 Å². The number of carbonyl (C=O) groups excluding carboxylic acids is 2. The molecule has 0 aliphatic carbocycles. The number of hydrogen-bond acceptors (Lipinski definition) is 5. The van der Waals surface area contributed by atoms with Crippen molar-refractivity contribution in [3.8, 4) is 11.5 Å². The maximum Gasteiger partial charge on any atom is 0.265 e. The highest BCUT2D eigenvalue weighted by atomic mass is 32.1. The van der Waals surface area contributed by atoms with E-state index in [1.165, 1.54) is 11.0 Å². The number of hydrogen-bond donors (Lipinski definition) is 1. The van der Waals surface area contributed by atoms with Gasteiger partial charge in [0.25, 0.3) is 11.8 Å². The summed E-state index contributed by atoms with van der Waals surface area (Å²) in [6, 6.07) is 3.56. The largest absolute Gasteiger partial charge is 0.493 e. The molecule has 1 aliphatic rings. The van der Waals surface area contributed by atoms with Gasteiger partial charge in [-0.15, -0.1) is 6.58 Å². The van der Waals surface area contributed by atoms with E-state index in [0.29, 0.717) is 30.3 Å². The van der Waals surface area contributed by atoms with Crippen LogP contribution >= 0.6 is 12.2 Å². The second-order valence-corrected chi connectivity index (χ2v) is 5.88. The van der Waals surface area contributed by atoms with Gasteiger partial charge in [0.05, 0.1) is 13.2 Å². The third kappa shape index (κ3) is 3.94. The smallest absolute Gasteiger partial charge is 0.265 e. The summed E-state index contributed by atoms with van der Waals surface area (Å²) in [5.74, 6) is 0.281. The minimum Gasteiger partial charge on any atom is -0.493 e. The van der Waals surface area contributed by atoms with Gasteiger partial charge in [0.2, 0.25) is 0 Å². The Hall–Kier alpha value is -2.67. The Balaban J connectivity index is 2.51. The van der Waals surface area contributed by atoms with Gasteiger partial charge in [-0.2, -0.15) is 0 Å². The van der Waals surface area contributed by atoms with Crippen molar-refractivity contribution in [2.75, 3.05) is 19.8 Å². The third-order valence-corrected chi connectivity index (χ3v) is 4.09. The van der Waals surface area contributed by atoms with Crippen molar-refractivity contribution in [3.05, 3.63) is 41.5 Å². The molecule has 0 bridgehead atoms. The SMILES string of the molecule is C=CCN1C(=O)C(=Cc2ccc(OCC)c(C)c2OCC)C(=O)NC1=S. The van der Waals surface area contributed by atoms with Crippen molar-refractivity contribution in [1.29, 1.82) is 0 Å². The first-order valence-corrected chi connectivity index (χ1v) is 8.74. The van der Waals surface area contributed by atoms with Crippen molar-refractivity contribution in [3.63, 3.8) is 0 Å². The van der Waals surface area contributed by atoms with Crippen LogP contribution in [-0.2, 0) is 9.59 Å². The summed E-state index contributed by atoms with van der Waals surface area (Å²) in [6.07, 6.45) is 3.06. The van der Waals surface area contributed by atoms with Gasteiger partial charge in [-0.05, 0) is 51.2 Å². The van der Waals surface area contributed by atoms with Crippen LogP contribution in [0.25, 0.3) is 6.08 Å². The average Bonchev–Trinajstić information content (AvgIpc) is 2.60. The molecule has 0 radical (unpaired) electrons. The lowest BCUT2D eigenvalue weighted by Gasteiger charge is -2.28. The van der Waals surface area contributed by atoms with Gasteiger partial charge < -0.3 is 9.47 Å². The molecule has 26 heavy (non-hydrogen) atoms. The Labute approximate surface area is 158 Å². The summed E-state index contributed by atoms with van der Waals surface area (Å²) >= 11 is 5.06. The summed E-state index contributed by atoms with van der Waals surface area (Å²) in [5, 5.41) is 2.60. The highest BCUT2D eigenvalue weighted by molar-refractivity contribution is 7.80. The lowest BCUT2D eigenvalue weighted by Crippen LogP contribution is -2.53. The lowest BCUT2D eigenvalue weighted by atomic mass is 10.0. The first kappa shape index (κ1) is 19.7. The van der Waals surface area contributed by atoms with E-state index in [2.05, 4.69) is 11.9 Å². The fourth-order valence-electron chi connectivity index (χ4n) is 2.60. The van der Waals surface area contributed by atoms with Gasteiger partial charge in [-0.3, -0.25) is 19.8 Å². The molecule has 0 aromatic heterocycles. The van der Waals surface area contributed by atoms with E-state index in [1.807, 2.05) is 20.8 Å². The minimum absolute atomic E-state index is 0.00929. The molecule has 0 spiro atoms. The third-order valence-electron chi connectivity index (χ3n) is 3.77. The van der Waals surface area contributed by atoms with Crippen molar-refractivity contribution < 1.29 is 19.1 Å². The molecule has 2 rings (SSSR count). The summed E-state index contributed by atoms with van der Waals surface area (Å²) in [4.78, 5) is 26.2. The van der Waals surface area contributed by atoms with Crippen LogP contribution in [0.15, 0.2) is 30.4 Å². The van der Waals surface area contributed by atoms with Gasteiger partial charge in [0, 0.05) is 17.7 Å². The molecule has 0 unspecified atom stereocenters. The predicted molar refractivity (Wildman–Crippen MR) is 104 cm³/mol. The van der Waals surface area contributed by atoms with E-state index in [9.17, 15) is 9.59 Å². The average molecular weight is 374 g/mol. The van der Waals surface area contributed by atoms with E-state index in [0.717, 1.165) is 5.56 Å². The van der Waals surface area contributed by atoms with Crippen LogP contribution in [0.2, 0.25) is 0 Å². The quantitative estimate of drug-likeness (QED) is 0.344. The highest BCUT2D eigenvalue weighted by Crippen LogP contribution is 2.33. The second kappa shape index (κ2) is 8.62. The van der Waals surface area contributed by atoms with Crippen molar-refractivity contribution in [2.24, 2.45) is 0 Å². The Morgan fingerprint density at radius 1 is 1.23 bits per heavy atom. The number of rotatable bonds is 7. The van der Waals surface area contributed by atoms with E-state index in [1.54, 1.807) is 18.2 Å². The number of nitrogens with zero attached hydrogens (tertiary/aromatic N) is 1. The topological polar surface area (TPSA) is 67.9 Å². The molecule has 1 heterocycles. The molecule has 1 fully saturated rings. The fourth-order valence-corrected chi connectivity index (χ4v) is 2.85. The van der Waals surface area contributed by atoms with Crippen molar-refractivity contribution in [1.82, 2.24) is 10.2 Å². The number of amides is 2. The molecule has 7 heteroatoms. The number of carbonyl (C=O) groups is 2. The monoisotopic (exact) mass is 374 g/mol. The summed E-state index contributed by atoms with van der Waals surface area (Å²) in [7, 11) is 0. The van der Waals surface area contributed by atoms with Crippen LogP contribution in [-0.4, -0.2) is 41.6 Å². The molecule has 1 aliphatic heterocycles. The molecule has 138 valence electrons. The summed E-state index contributed by atoms with van der Waals surface area (Å²) in [6.45, 7) is 10.4. The predicted octanol–water partition coefficient (Wildman–Crippen LogP) is 2.61. The van der Waals surface area contributed by atoms with E-state index < -0.39 is 11.8 Å². The van der Waals surface area contributed by atoms with Crippen LogP contribution in [0.5, 0.6) is 11.5 Å². The molecule has 1 aromatic rings. The number of benzene rings is 1. The molecule has 2 amide bonds. The molecule has 0 atom stereocenters. The molecular formula is C19H22N2O4S. The second-order valence-electron chi connectivity index (χ2n) is 5.49. The zero-order chi connectivity index (χ0) is 19.3. The van der Waals surface area contributed by atoms with E-state index >= 15 is 0 Å². The standard InChI is InChI=1S/C19H22N2O4S/c1-5-10-21-18(23)14(17(22)20-19(21)26)11-13-8-9-15(24-6-2)12(4)16(13)25-7-3/h5,8-9,11H,1,6-7,10H2,2-4H3,(H,20,22,26). The highest BCUT2D eigenvalue weighted by Gasteiger charge is 2.33. The zero-order valence-corrected chi connectivity index (χ0v) is 15.9. The van der Waals surface area contributed by atoms with Crippen LogP contribution in [0.1, 0.15) is 25.0 Å². The van der Waals surface area contributed by atoms with E-state index in [4.69, 9.17) is 21.7 Å². The van der Waals surface area contributed by atoms with Gasteiger partial charge >= 0.3 is 0 Å². The van der Waals surface area contributed by atoms with Gasteiger partial charge in [0.1, 0.15) is 17.1 Å². The molecule has 1 N–H and O–H groups in total. The van der Waals surface area contributed by atoms with Crippen LogP contribution in [0.4, 0.5) is 0 Å². The van der Waals surface area contributed by atoms with Gasteiger partial charge in [-0.25, -0.2) is 0 Å². The fraction of sp³-hybridized carbons (Fsp3) is 0.316. The first-order valence-electron chi connectivity index (χ1n) is 8.33. The lowest BCUT2D eigenvalue weighted by molar-refractivity contribution is -0.128. The van der Waals surface area contributed by atoms with E-state index in [-0.39, 0.29) is 17.2 Å². The number of thiocarbonyl (C=S) groups is 1. The Kier molecular flexibility index (Phi) is 6.52. The normalized spacial score (nSPS) is 15.9. The van der Waals surface area contributed by atoms with Crippen molar-refractivity contribution in [2.45, 2.75) is 20.8 Å². The zero-order valence-electron chi connectivity index (χ0n) is 15.1. The number of nitrogens with one attached hydrogen (secondary N) is 1. The Bertz CT molecular complexity index is 786. The summed E-state index contributed by atoms with van der Waals surface area (Å²) in [5.41, 5.74) is 1.42. The minimum atomic E-state index is -0.533. The Morgan fingerprint density at radius 3 is 2.54 bits per heavy atom. The van der Waals surface area contributed by atoms with Crippen LogP contribution < -0.4 is 14.8 Å². The first-order chi connectivity index (χ1) is 12.4. The maximum absolute atomic E-state index is 12.7. The van der Waals surface area contributed by atoms with Crippen LogP contribution in [0.3, 0.4) is 0 Å². The summed E-state index contributed by atoms with van der Waals surface area (Å²) < 4.78 is 11.3. The molecule has 1 saturated heterocycles. The van der Waals surface area contributed by atoms with Crippen molar-refractivity contribution >= 4 is 35.2 Å². The van der Waals surface area contributed by atoms with Crippen LogP contribution in [0, 0.1) is 6.92 Å².